The molecule has 0 unspecified atom stereocenters. The summed E-state index contributed by atoms with van der Waals surface area (Å²) < 4.78 is 2.12. The lowest BCUT2D eigenvalue weighted by Crippen LogP contribution is -2.24. The summed E-state index contributed by atoms with van der Waals surface area (Å²) in [4.78, 5) is 14.4. The summed E-state index contributed by atoms with van der Waals surface area (Å²) in [6.07, 6.45) is 2.44. The molecule has 6 nitrogen and oxygen atoms in total. The lowest BCUT2D eigenvalue weighted by molar-refractivity contribution is 0.525. The minimum atomic E-state index is 0.391. The van der Waals surface area contributed by atoms with E-state index in [0.29, 0.717) is 22.4 Å². The van der Waals surface area contributed by atoms with Crippen LogP contribution >= 0.6 is 23.4 Å². The molecule has 0 aliphatic carbocycles. The Morgan fingerprint density at radius 3 is 2.75 bits per heavy atom. The largest absolute Gasteiger partial charge is 0.382 e. The van der Waals surface area contributed by atoms with E-state index in [9.17, 15) is 0 Å². The first-order valence-corrected chi connectivity index (χ1v) is 11.9. The Labute approximate surface area is 197 Å². The van der Waals surface area contributed by atoms with Gasteiger partial charge in [-0.2, -0.15) is 0 Å². The molecule has 0 amide bonds. The van der Waals surface area contributed by atoms with Crippen LogP contribution in [0.1, 0.15) is 25.8 Å². The fourth-order valence-electron chi connectivity index (χ4n) is 3.56. The molecule has 0 fully saturated rings. The molecule has 4 aromatic rings. The Hall–Kier alpha value is -2.61. The lowest BCUT2D eigenvalue weighted by Gasteiger charge is -2.11. The third-order valence-corrected chi connectivity index (χ3v) is 6.25. The highest BCUT2D eigenvalue weighted by molar-refractivity contribution is 7.99. The van der Waals surface area contributed by atoms with Crippen LogP contribution in [-0.2, 0) is 6.54 Å². The van der Waals surface area contributed by atoms with Gasteiger partial charge in [0.05, 0.1) is 0 Å². The number of aryl methyl sites for hydroxylation is 2. The number of halogens is 1. The third kappa shape index (κ3) is 5.23. The highest BCUT2D eigenvalue weighted by Crippen LogP contribution is 2.35. The van der Waals surface area contributed by atoms with Gasteiger partial charge in [-0.1, -0.05) is 67.0 Å². The maximum atomic E-state index is 6.49. The number of hydrogen-bond donors (Lipinski definition) is 2. The van der Waals surface area contributed by atoms with Crippen molar-refractivity contribution < 1.29 is 0 Å². The van der Waals surface area contributed by atoms with Gasteiger partial charge in [-0.25, -0.2) is 15.0 Å². The quantitative estimate of drug-likeness (QED) is 0.330. The highest BCUT2D eigenvalue weighted by Gasteiger charge is 2.16. The first-order chi connectivity index (χ1) is 15.4. The van der Waals surface area contributed by atoms with E-state index >= 15 is 0 Å². The van der Waals surface area contributed by atoms with Crippen molar-refractivity contribution in [1.29, 1.82) is 0 Å². The minimum absolute atomic E-state index is 0.391. The second kappa shape index (κ2) is 9.90. The van der Waals surface area contributed by atoms with E-state index in [-0.39, 0.29) is 0 Å². The predicted octanol–water partition coefficient (Wildman–Crippen LogP) is 5.58. The summed E-state index contributed by atoms with van der Waals surface area (Å²) in [5, 5.41) is 4.98. The normalized spacial score (nSPS) is 11.5. The number of nitrogens with two attached hydrogens (primary N) is 1. The zero-order valence-electron chi connectivity index (χ0n) is 18.5. The van der Waals surface area contributed by atoms with Crippen LogP contribution in [0, 0.1) is 6.92 Å². The van der Waals surface area contributed by atoms with Crippen LogP contribution in [0.5, 0.6) is 0 Å². The summed E-state index contributed by atoms with van der Waals surface area (Å²) in [6.45, 7) is 8.07. The number of hydrogen-bond acceptors (Lipinski definition) is 6. The van der Waals surface area contributed by atoms with Gasteiger partial charge in [0.25, 0.3) is 0 Å². The Bertz CT molecular complexity index is 1240. The first kappa shape index (κ1) is 22.6. The molecule has 2 heterocycles. The molecule has 2 aromatic carbocycles. The van der Waals surface area contributed by atoms with Crippen LogP contribution in [0.25, 0.3) is 22.3 Å². The number of benzene rings is 2. The van der Waals surface area contributed by atoms with E-state index in [4.69, 9.17) is 22.3 Å². The number of nitrogens with one attached hydrogen (secondary N) is 1. The Balaban J connectivity index is 1.68. The van der Waals surface area contributed by atoms with Gasteiger partial charge in [-0.3, -0.25) is 0 Å². The van der Waals surface area contributed by atoms with Gasteiger partial charge in [0.2, 0.25) is 0 Å². The molecule has 0 aliphatic heterocycles. The van der Waals surface area contributed by atoms with Crippen LogP contribution in [0.2, 0.25) is 5.02 Å². The number of anilines is 1. The molecule has 0 saturated heterocycles. The second-order valence-corrected chi connectivity index (χ2v) is 9.56. The molecule has 8 heteroatoms. The van der Waals surface area contributed by atoms with Gasteiger partial charge in [0.1, 0.15) is 6.33 Å². The van der Waals surface area contributed by atoms with Crippen molar-refractivity contribution in [3.63, 3.8) is 0 Å². The molecule has 0 bridgehead atoms. The maximum absolute atomic E-state index is 6.49. The van der Waals surface area contributed by atoms with Crippen LogP contribution in [0.15, 0.2) is 58.8 Å². The number of aromatic nitrogens is 4. The summed E-state index contributed by atoms with van der Waals surface area (Å²) in [7, 11) is 0. The van der Waals surface area contributed by atoms with Crippen molar-refractivity contribution in [2.75, 3.05) is 12.3 Å². The molecule has 2 aromatic heterocycles. The van der Waals surface area contributed by atoms with E-state index in [1.54, 1.807) is 11.8 Å². The fraction of sp³-hybridized carbons (Fsp3) is 0.292. The van der Waals surface area contributed by atoms with E-state index in [2.05, 4.69) is 71.0 Å². The van der Waals surface area contributed by atoms with Crippen molar-refractivity contribution in [3.8, 4) is 11.1 Å². The summed E-state index contributed by atoms with van der Waals surface area (Å²) >= 11 is 8.05. The molecular formula is C24H27ClN6S. The van der Waals surface area contributed by atoms with Crippen molar-refractivity contribution in [1.82, 2.24) is 24.8 Å². The number of nitrogens with zero attached hydrogens (tertiary/aromatic N) is 4. The third-order valence-electron chi connectivity index (χ3n) is 5.07. The van der Waals surface area contributed by atoms with Crippen LogP contribution in [0.4, 0.5) is 5.82 Å². The fourth-order valence-corrected chi connectivity index (χ4v) is 4.87. The van der Waals surface area contributed by atoms with Crippen molar-refractivity contribution >= 4 is 40.3 Å². The number of nitrogen functional groups attached to an aromatic ring is 1. The van der Waals surface area contributed by atoms with E-state index in [0.717, 1.165) is 46.3 Å². The smallest absolute Gasteiger partial charge is 0.175 e. The van der Waals surface area contributed by atoms with Crippen LogP contribution in [-0.4, -0.2) is 32.1 Å². The summed E-state index contributed by atoms with van der Waals surface area (Å²) in [5.74, 6) is 0.391. The van der Waals surface area contributed by atoms with E-state index in [1.807, 2.05) is 12.1 Å². The topological polar surface area (TPSA) is 81.7 Å². The highest BCUT2D eigenvalue weighted by atomic mass is 35.5. The van der Waals surface area contributed by atoms with Gasteiger partial charge in [0, 0.05) is 22.5 Å². The Morgan fingerprint density at radius 2 is 1.97 bits per heavy atom. The molecular weight excluding hydrogens is 440 g/mol. The van der Waals surface area contributed by atoms with E-state index in [1.165, 1.54) is 11.9 Å². The SMILES string of the molecule is Cc1cccc(-c2cc(Cl)cc(Sc3nc4c(N)ncnc4n3CCCNC(C)C)c2)c1. The molecule has 0 aliphatic rings. The molecule has 0 radical (unpaired) electrons. The predicted molar refractivity (Wildman–Crippen MR) is 133 cm³/mol. The van der Waals surface area contributed by atoms with Crippen LogP contribution in [0.3, 0.4) is 0 Å². The van der Waals surface area contributed by atoms with Crippen LogP contribution < -0.4 is 11.1 Å². The molecule has 4 rings (SSSR count). The minimum Gasteiger partial charge on any atom is -0.382 e. The summed E-state index contributed by atoms with van der Waals surface area (Å²) in [5.41, 5.74) is 10.9. The monoisotopic (exact) mass is 466 g/mol. The van der Waals surface area contributed by atoms with Crippen molar-refractivity contribution in [3.05, 3.63) is 59.4 Å². The molecule has 166 valence electrons. The van der Waals surface area contributed by atoms with Gasteiger partial charge in [-0.05, 0) is 49.2 Å². The van der Waals surface area contributed by atoms with Gasteiger partial charge >= 0.3 is 0 Å². The zero-order valence-corrected chi connectivity index (χ0v) is 20.0. The molecule has 0 spiro atoms. The maximum Gasteiger partial charge on any atom is 0.175 e. The van der Waals surface area contributed by atoms with Crippen molar-refractivity contribution in [2.24, 2.45) is 0 Å². The van der Waals surface area contributed by atoms with E-state index < -0.39 is 0 Å². The number of imidazole rings is 1. The lowest BCUT2D eigenvalue weighted by atomic mass is 10.0. The molecule has 0 saturated carbocycles. The van der Waals surface area contributed by atoms with Crippen molar-refractivity contribution in [2.45, 2.75) is 49.8 Å². The Morgan fingerprint density at radius 1 is 1.12 bits per heavy atom. The number of fused-ring (bicyclic) bond motifs is 1. The zero-order chi connectivity index (χ0) is 22.7. The molecule has 3 N–H and O–H groups in total. The average Bonchev–Trinajstić information content (AvgIpc) is 3.09. The average molecular weight is 467 g/mol. The second-order valence-electron chi connectivity index (χ2n) is 8.09. The summed E-state index contributed by atoms with van der Waals surface area (Å²) in [6, 6.07) is 15.0. The first-order valence-electron chi connectivity index (χ1n) is 10.7. The molecule has 0 atom stereocenters. The van der Waals surface area contributed by atoms with Gasteiger partial charge in [0.15, 0.2) is 22.1 Å². The number of rotatable bonds is 8. The van der Waals surface area contributed by atoms with Gasteiger partial charge in [-0.15, -0.1) is 0 Å². The Kier molecular flexibility index (Phi) is 6.98. The molecule has 32 heavy (non-hydrogen) atoms. The van der Waals surface area contributed by atoms with Gasteiger partial charge < -0.3 is 15.6 Å². The standard InChI is InChI=1S/C24H27ClN6S/c1-15(2)27-8-5-9-31-23-21(22(26)28-14-29-23)30-24(31)32-20-12-18(11-19(25)13-20)17-7-4-6-16(3)10-17/h4,6-7,10-15,27H,5,8-9H2,1-3H3,(H2,26,28,29).